The van der Waals surface area contributed by atoms with E-state index in [0.29, 0.717) is 16.4 Å². The van der Waals surface area contributed by atoms with Crippen molar-refractivity contribution in [1.82, 2.24) is 5.32 Å². The first kappa shape index (κ1) is 17.2. The Balaban J connectivity index is 2.17. The number of hydrogen-bond acceptors (Lipinski definition) is 2. The molecule has 0 radical (unpaired) electrons. The minimum Gasteiger partial charge on any atom is -0.310 e. The molecular weight excluding hydrogens is 368 g/mol. The van der Waals surface area contributed by atoms with Crippen LogP contribution in [-0.2, 0) is 0 Å². The molecule has 1 aromatic heterocycles. The number of alkyl halides is 3. The van der Waals surface area contributed by atoms with Gasteiger partial charge in [-0.25, -0.2) is 10.3 Å². The lowest BCUT2D eigenvalue weighted by molar-refractivity contribution is -0.361. The molecular formula is C14H12Cl4N3O+. The second-order valence-corrected chi connectivity index (χ2v) is 7.12. The lowest BCUT2D eigenvalue weighted by atomic mass is 10.2. The van der Waals surface area contributed by atoms with Gasteiger partial charge in [-0.1, -0.05) is 64.6 Å². The number of nitrogens with one attached hydrogen (secondary N) is 3. The van der Waals surface area contributed by atoms with Crippen LogP contribution < -0.4 is 15.6 Å². The minimum atomic E-state index is -1.76. The smallest absolute Gasteiger partial charge is 0.273 e. The molecule has 22 heavy (non-hydrogen) atoms. The second kappa shape index (κ2) is 7.38. The molecule has 0 aliphatic rings. The van der Waals surface area contributed by atoms with Crippen molar-refractivity contribution in [2.75, 3.05) is 5.32 Å². The Hall–Kier alpha value is -1.20. The summed E-state index contributed by atoms with van der Waals surface area (Å²) < 4.78 is -1.76. The highest BCUT2D eigenvalue weighted by atomic mass is 35.6. The lowest BCUT2D eigenvalue weighted by Crippen LogP contribution is -2.50. The number of amides is 1. The van der Waals surface area contributed by atoms with Crippen LogP contribution in [0.5, 0.6) is 0 Å². The third-order valence-corrected chi connectivity index (χ3v) is 3.71. The molecule has 0 aliphatic heterocycles. The van der Waals surface area contributed by atoms with E-state index >= 15 is 0 Å². The molecule has 0 spiro atoms. The molecule has 0 aliphatic carbocycles. The van der Waals surface area contributed by atoms with E-state index in [-0.39, 0.29) is 0 Å². The SMILES string of the molecule is O=C(N[C@H](Nc1cccc[nH+]1)C(Cl)(Cl)Cl)c1ccccc1Cl. The Morgan fingerprint density at radius 3 is 2.36 bits per heavy atom. The van der Waals surface area contributed by atoms with Gasteiger partial charge in [0.2, 0.25) is 9.96 Å². The number of aromatic amines is 1. The monoisotopic (exact) mass is 378 g/mol. The van der Waals surface area contributed by atoms with Crippen molar-refractivity contribution >= 4 is 58.1 Å². The Morgan fingerprint density at radius 1 is 1.09 bits per heavy atom. The van der Waals surface area contributed by atoms with Crippen molar-refractivity contribution in [1.29, 1.82) is 0 Å². The number of rotatable bonds is 4. The van der Waals surface area contributed by atoms with Crippen LogP contribution in [0.15, 0.2) is 48.7 Å². The van der Waals surface area contributed by atoms with Crippen molar-refractivity contribution in [3.63, 3.8) is 0 Å². The minimum absolute atomic E-state index is 0.294. The topological polar surface area (TPSA) is 55.3 Å². The first-order valence-electron chi connectivity index (χ1n) is 6.23. The predicted octanol–water partition coefficient (Wildman–Crippen LogP) is 3.69. The number of carbonyl (C=O) groups excluding carboxylic acids is 1. The van der Waals surface area contributed by atoms with Crippen LogP contribution >= 0.6 is 46.4 Å². The summed E-state index contributed by atoms with van der Waals surface area (Å²) in [6, 6.07) is 12.0. The fourth-order valence-corrected chi connectivity index (χ4v) is 2.24. The lowest BCUT2D eigenvalue weighted by Gasteiger charge is -2.22. The molecule has 0 saturated heterocycles. The standard InChI is InChI=1S/C14H11Cl4N3O/c15-10-6-2-1-5-9(10)12(22)21-13(14(16,17)18)20-11-7-3-4-8-19-11/h1-8,13H,(H,19,20)(H,21,22)/p+1/t13-/m0/s1. The Morgan fingerprint density at radius 2 is 1.77 bits per heavy atom. The number of aromatic nitrogens is 1. The maximum Gasteiger partial charge on any atom is 0.273 e. The fraction of sp³-hybridized carbons (Fsp3) is 0.143. The van der Waals surface area contributed by atoms with Crippen molar-refractivity contribution in [3.05, 3.63) is 59.2 Å². The Labute approximate surface area is 147 Å². The number of benzene rings is 1. The molecule has 3 N–H and O–H groups in total. The highest BCUT2D eigenvalue weighted by Gasteiger charge is 2.38. The van der Waals surface area contributed by atoms with Crippen molar-refractivity contribution in [3.8, 4) is 0 Å². The zero-order valence-corrected chi connectivity index (χ0v) is 14.1. The third kappa shape index (κ3) is 4.65. The van der Waals surface area contributed by atoms with Crippen LogP contribution in [0.4, 0.5) is 5.82 Å². The number of hydrogen-bond donors (Lipinski definition) is 2. The molecule has 1 heterocycles. The van der Waals surface area contributed by atoms with Crippen LogP contribution in [0.3, 0.4) is 0 Å². The van der Waals surface area contributed by atoms with E-state index in [2.05, 4.69) is 15.6 Å². The summed E-state index contributed by atoms with van der Waals surface area (Å²) in [7, 11) is 0. The largest absolute Gasteiger partial charge is 0.310 e. The Kier molecular flexibility index (Phi) is 5.75. The molecule has 0 bridgehead atoms. The molecule has 4 nitrogen and oxygen atoms in total. The first-order valence-corrected chi connectivity index (χ1v) is 7.74. The molecule has 0 fully saturated rings. The average molecular weight is 380 g/mol. The zero-order valence-electron chi connectivity index (χ0n) is 11.1. The number of H-pyrrole nitrogens is 1. The van der Waals surface area contributed by atoms with Crippen molar-refractivity contribution in [2.24, 2.45) is 0 Å². The van der Waals surface area contributed by atoms with E-state index in [0.717, 1.165) is 0 Å². The van der Waals surface area contributed by atoms with Gasteiger partial charge < -0.3 is 5.32 Å². The van der Waals surface area contributed by atoms with Gasteiger partial charge in [-0.15, -0.1) is 0 Å². The van der Waals surface area contributed by atoms with Crippen molar-refractivity contribution in [2.45, 2.75) is 9.96 Å². The van der Waals surface area contributed by atoms with E-state index in [1.54, 1.807) is 48.7 Å². The number of halogens is 4. The summed E-state index contributed by atoms with van der Waals surface area (Å²) in [5.41, 5.74) is 0.294. The second-order valence-electron chi connectivity index (χ2n) is 4.35. The summed E-state index contributed by atoms with van der Waals surface area (Å²) in [4.78, 5) is 15.2. The van der Waals surface area contributed by atoms with Gasteiger partial charge in [-0.3, -0.25) is 4.79 Å². The molecule has 8 heteroatoms. The molecule has 0 unspecified atom stereocenters. The van der Waals surface area contributed by atoms with Gasteiger partial charge in [-0.05, 0) is 18.2 Å². The van der Waals surface area contributed by atoms with Gasteiger partial charge in [0.15, 0.2) is 0 Å². The van der Waals surface area contributed by atoms with Crippen LogP contribution in [0.2, 0.25) is 5.02 Å². The molecule has 1 amide bonds. The van der Waals surface area contributed by atoms with Crippen molar-refractivity contribution < 1.29 is 9.78 Å². The average Bonchev–Trinajstić information content (AvgIpc) is 2.47. The van der Waals surface area contributed by atoms with E-state index in [9.17, 15) is 4.79 Å². The molecule has 1 atom stereocenters. The van der Waals surface area contributed by atoms with E-state index in [4.69, 9.17) is 46.4 Å². The maximum atomic E-state index is 12.3. The van der Waals surface area contributed by atoms with Crippen LogP contribution in [0, 0.1) is 0 Å². The van der Waals surface area contributed by atoms with Gasteiger partial charge in [0, 0.05) is 6.07 Å². The number of pyridine rings is 1. The highest BCUT2D eigenvalue weighted by Crippen LogP contribution is 2.31. The zero-order chi connectivity index (χ0) is 16.2. The first-order chi connectivity index (χ1) is 10.4. The molecule has 2 aromatic rings. The van der Waals surface area contributed by atoms with Gasteiger partial charge >= 0.3 is 0 Å². The van der Waals surface area contributed by atoms with Gasteiger partial charge in [-0.2, -0.15) is 0 Å². The van der Waals surface area contributed by atoms with Crippen LogP contribution in [0.1, 0.15) is 10.4 Å². The number of anilines is 1. The summed E-state index contributed by atoms with van der Waals surface area (Å²) in [5, 5.41) is 5.84. The summed E-state index contributed by atoms with van der Waals surface area (Å²) in [6.45, 7) is 0. The van der Waals surface area contributed by atoms with E-state index < -0.39 is 15.9 Å². The molecule has 1 aromatic carbocycles. The summed E-state index contributed by atoms with van der Waals surface area (Å²) in [6.07, 6.45) is 0.744. The number of carbonyl (C=O) groups is 1. The molecule has 2 rings (SSSR count). The maximum absolute atomic E-state index is 12.3. The predicted molar refractivity (Wildman–Crippen MR) is 89.6 cm³/mol. The fourth-order valence-electron chi connectivity index (χ4n) is 1.69. The van der Waals surface area contributed by atoms with Gasteiger partial charge in [0.25, 0.3) is 11.7 Å². The van der Waals surface area contributed by atoms with Gasteiger partial charge in [0.05, 0.1) is 16.8 Å². The third-order valence-electron chi connectivity index (χ3n) is 2.73. The summed E-state index contributed by atoms with van der Waals surface area (Å²) >= 11 is 23.8. The van der Waals surface area contributed by atoms with E-state index in [1.165, 1.54) is 0 Å². The molecule has 0 saturated carbocycles. The van der Waals surface area contributed by atoms with Crippen LogP contribution in [0.25, 0.3) is 0 Å². The van der Waals surface area contributed by atoms with Gasteiger partial charge in [0.1, 0.15) is 0 Å². The molecule has 116 valence electrons. The highest BCUT2D eigenvalue weighted by molar-refractivity contribution is 6.68. The Bertz CT molecular complexity index is 646. The quantitative estimate of drug-likeness (QED) is 0.628. The summed E-state index contributed by atoms with van der Waals surface area (Å²) in [5.74, 6) is 0.128. The van der Waals surface area contributed by atoms with E-state index in [1.807, 2.05) is 0 Å². The van der Waals surface area contributed by atoms with Crippen LogP contribution in [-0.4, -0.2) is 15.9 Å². The normalized spacial score (nSPS) is 12.5.